The largest absolute Gasteiger partial charge is 0.511 e. The van der Waals surface area contributed by atoms with Crippen LogP contribution >= 0.6 is 11.8 Å². The van der Waals surface area contributed by atoms with Gasteiger partial charge in [0.2, 0.25) is 0 Å². The lowest BCUT2D eigenvalue weighted by atomic mass is 9.83. The van der Waals surface area contributed by atoms with Crippen molar-refractivity contribution in [2.24, 2.45) is 0 Å². The number of aliphatic hydroxyl groups is 1. The molecule has 33 heavy (non-hydrogen) atoms. The molecule has 2 aromatic rings. The molecule has 1 unspecified atom stereocenters. The maximum atomic E-state index is 13.0. The number of hydrogen-bond acceptors (Lipinski definition) is 7. The Kier molecular flexibility index (Phi) is 7.85. The first kappa shape index (κ1) is 23.5. The summed E-state index contributed by atoms with van der Waals surface area (Å²) in [7, 11) is 0. The van der Waals surface area contributed by atoms with E-state index in [4.69, 9.17) is 4.74 Å². The molecular weight excluding hydrogens is 436 g/mol. The highest BCUT2D eigenvalue weighted by Crippen LogP contribution is 2.44. The Labute approximate surface area is 199 Å². The van der Waals surface area contributed by atoms with E-state index in [1.54, 1.807) is 0 Å². The van der Waals surface area contributed by atoms with Gasteiger partial charge in [0.25, 0.3) is 0 Å². The molecule has 0 amide bonds. The molecule has 7 heteroatoms. The number of aliphatic hydroxyl groups excluding tert-OH is 1. The van der Waals surface area contributed by atoms with Crippen molar-refractivity contribution in [1.82, 2.24) is 10.2 Å². The van der Waals surface area contributed by atoms with Crippen LogP contribution in [0.5, 0.6) is 0 Å². The first-order valence-electron chi connectivity index (χ1n) is 11.4. The average Bonchev–Trinajstić information content (AvgIpc) is 2.84. The van der Waals surface area contributed by atoms with Gasteiger partial charge in [-0.25, -0.2) is 4.79 Å². The van der Waals surface area contributed by atoms with Gasteiger partial charge >= 0.3 is 5.97 Å². The van der Waals surface area contributed by atoms with E-state index in [0.29, 0.717) is 18.7 Å². The molecule has 174 valence electrons. The molecule has 6 nitrogen and oxygen atoms in total. The summed E-state index contributed by atoms with van der Waals surface area (Å²) in [6, 6.07) is 19.2. The highest BCUT2D eigenvalue weighted by molar-refractivity contribution is 8.03. The van der Waals surface area contributed by atoms with Crippen LogP contribution < -0.4 is 5.32 Å². The molecule has 1 fully saturated rings. The summed E-state index contributed by atoms with van der Waals surface area (Å²) in [5.74, 6) is 0.191. The fraction of sp³-hybridized carbons (Fsp3) is 0.385. The first-order chi connectivity index (χ1) is 16.1. The zero-order valence-electron chi connectivity index (χ0n) is 18.7. The van der Waals surface area contributed by atoms with Crippen molar-refractivity contribution >= 4 is 23.5 Å². The molecule has 1 atom stereocenters. The van der Waals surface area contributed by atoms with Gasteiger partial charge in [0.15, 0.2) is 0 Å². The quantitative estimate of drug-likeness (QED) is 0.545. The van der Waals surface area contributed by atoms with Crippen molar-refractivity contribution in [1.29, 1.82) is 0 Å². The minimum atomic E-state index is -1.04. The summed E-state index contributed by atoms with van der Waals surface area (Å²) in [6.45, 7) is 3.90. The van der Waals surface area contributed by atoms with Gasteiger partial charge in [0.1, 0.15) is 22.0 Å². The number of nitrogens with zero attached hydrogens (tertiary/aromatic N) is 1. The Morgan fingerprint density at radius 3 is 2.39 bits per heavy atom. The Bertz CT molecular complexity index is 990. The van der Waals surface area contributed by atoms with Crippen LogP contribution in [-0.2, 0) is 25.7 Å². The molecule has 2 aliphatic heterocycles. The minimum Gasteiger partial charge on any atom is -0.511 e. The van der Waals surface area contributed by atoms with Crippen molar-refractivity contribution in [2.45, 2.75) is 30.6 Å². The second-order valence-electron chi connectivity index (χ2n) is 8.54. The maximum absolute atomic E-state index is 13.0. The predicted molar refractivity (Wildman–Crippen MR) is 130 cm³/mol. The zero-order valence-corrected chi connectivity index (χ0v) is 19.5. The van der Waals surface area contributed by atoms with Crippen molar-refractivity contribution in [3.63, 3.8) is 0 Å². The van der Waals surface area contributed by atoms with E-state index < -0.39 is 11.6 Å². The molecule has 0 spiro atoms. The fourth-order valence-corrected chi connectivity index (χ4v) is 5.23. The molecule has 4 rings (SSSR count). The van der Waals surface area contributed by atoms with Gasteiger partial charge in [0, 0.05) is 38.4 Å². The number of carbonyl (C=O) groups is 2. The Morgan fingerprint density at radius 2 is 1.73 bits per heavy atom. The number of ether oxygens (including phenoxy) is 1. The number of nitrogens with one attached hydrogen (secondary N) is 1. The van der Waals surface area contributed by atoms with Gasteiger partial charge in [-0.15, -0.1) is 11.8 Å². The van der Waals surface area contributed by atoms with Gasteiger partial charge in [-0.3, -0.25) is 9.69 Å². The smallest absolute Gasteiger partial charge is 0.348 e. The van der Waals surface area contributed by atoms with Gasteiger partial charge < -0.3 is 15.2 Å². The van der Waals surface area contributed by atoms with Gasteiger partial charge in [0.05, 0.1) is 13.0 Å². The van der Waals surface area contributed by atoms with E-state index in [2.05, 4.69) is 10.2 Å². The van der Waals surface area contributed by atoms with Gasteiger partial charge in [-0.05, 0) is 17.5 Å². The van der Waals surface area contributed by atoms with Crippen LogP contribution in [0.4, 0.5) is 0 Å². The van der Waals surface area contributed by atoms with Crippen LogP contribution in [0, 0.1) is 0 Å². The van der Waals surface area contributed by atoms with E-state index in [9.17, 15) is 14.7 Å². The second kappa shape index (κ2) is 11.0. The molecule has 0 aliphatic carbocycles. The Hall–Kier alpha value is -2.61. The number of rotatable bonds is 9. The standard InChI is InChI=1S/C26H30N2O4S/c29-22(18-28-15-13-27-14-16-28)11-12-26(21-9-5-2-6-10-21)17-23(30)24(25(31)32-26)33-19-20-7-3-1-4-8-20/h1-10,27,30H,11-19H2. The Balaban J connectivity index is 1.48. The Morgan fingerprint density at radius 1 is 1.06 bits per heavy atom. The fourth-order valence-electron chi connectivity index (χ4n) is 4.33. The molecule has 2 N–H and O–H groups in total. The van der Waals surface area contributed by atoms with Crippen molar-refractivity contribution in [2.75, 3.05) is 32.7 Å². The molecule has 0 aromatic heterocycles. The van der Waals surface area contributed by atoms with Crippen molar-refractivity contribution < 1.29 is 19.4 Å². The molecule has 1 saturated heterocycles. The van der Waals surface area contributed by atoms with Crippen LogP contribution in [0.3, 0.4) is 0 Å². The molecular formula is C26H30N2O4S. The third-order valence-corrected chi connectivity index (χ3v) is 7.30. The summed E-state index contributed by atoms with van der Waals surface area (Å²) < 4.78 is 6.02. The number of cyclic esters (lactones) is 1. The van der Waals surface area contributed by atoms with Crippen LogP contribution in [-0.4, -0.2) is 54.5 Å². The molecule has 2 heterocycles. The van der Waals surface area contributed by atoms with Crippen LogP contribution in [0.25, 0.3) is 0 Å². The normalized spacial score (nSPS) is 21.6. The van der Waals surface area contributed by atoms with E-state index in [1.807, 2.05) is 60.7 Å². The monoisotopic (exact) mass is 466 g/mol. The number of esters is 1. The lowest BCUT2D eigenvalue weighted by Gasteiger charge is -2.37. The summed E-state index contributed by atoms with van der Waals surface area (Å²) in [4.78, 5) is 28.1. The first-order valence-corrected chi connectivity index (χ1v) is 12.4. The predicted octanol–water partition coefficient (Wildman–Crippen LogP) is 3.79. The van der Waals surface area contributed by atoms with Crippen LogP contribution in [0.15, 0.2) is 71.3 Å². The number of benzene rings is 2. The number of hydrogen-bond donors (Lipinski definition) is 2. The minimum absolute atomic E-state index is 0.0330. The third kappa shape index (κ3) is 6.05. The van der Waals surface area contributed by atoms with Crippen LogP contribution in [0.1, 0.15) is 30.4 Å². The number of thioether (sulfide) groups is 1. The molecule has 2 aromatic carbocycles. The van der Waals surface area contributed by atoms with E-state index in [-0.39, 0.29) is 29.3 Å². The maximum Gasteiger partial charge on any atom is 0.348 e. The SMILES string of the molecule is O=C(CCC1(c2ccccc2)CC(O)=C(SCc2ccccc2)C(=O)O1)CN1CCNCC1. The number of Topliss-reactive ketones (excluding diaryl/α,β-unsaturated/α-hetero) is 1. The zero-order chi connectivity index (χ0) is 23.1. The average molecular weight is 467 g/mol. The topological polar surface area (TPSA) is 78.9 Å². The summed E-state index contributed by atoms with van der Waals surface area (Å²) in [6.07, 6.45) is 0.793. The number of carbonyl (C=O) groups excluding carboxylic acids is 2. The summed E-state index contributed by atoms with van der Waals surface area (Å²) in [5, 5.41) is 14.2. The summed E-state index contributed by atoms with van der Waals surface area (Å²) in [5.41, 5.74) is 0.819. The number of ketones is 1. The van der Waals surface area contributed by atoms with Gasteiger partial charge in [-0.2, -0.15) is 0 Å². The molecule has 0 bridgehead atoms. The van der Waals surface area contributed by atoms with E-state index >= 15 is 0 Å². The van der Waals surface area contributed by atoms with Crippen molar-refractivity contribution in [3.05, 3.63) is 82.5 Å². The molecule has 0 radical (unpaired) electrons. The van der Waals surface area contributed by atoms with Crippen molar-refractivity contribution in [3.8, 4) is 0 Å². The lowest BCUT2D eigenvalue weighted by molar-refractivity contribution is -0.161. The summed E-state index contributed by atoms with van der Waals surface area (Å²) >= 11 is 1.29. The molecule has 0 saturated carbocycles. The third-order valence-electron chi connectivity index (χ3n) is 6.13. The number of piperazine rings is 1. The highest BCUT2D eigenvalue weighted by Gasteiger charge is 2.43. The highest BCUT2D eigenvalue weighted by atomic mass is 32.2. The second-order valence-corrected chi connectivity index (χ2v) is 9.53. The van der Waals surface area contributed by atoms with Gasteiger partial charge in [-0.1, -0.05) is 60.7 Å². The van der Waals surface area contributed by atoms with E-state index in [1.165, 1.54) is 11.8 Å². The molecule has 2 aliphatic rings. The van der Waals surface area contributed by atoms with E-state index in [0.717, 1.165) is 37.3 Å². The lowest BCUT2D eigenvalue weighted by Crippen LogP contribution is -2.45. The van der Waals surface area contributed by atoms with Crippen LogP contribution in [0.2, 0.25) is 0 Å².